The number of anilines is 2. The van der Waals surface area contributed by atoms with E-state index in [1.165, 1.54) is 13.0 Å². The second-order valence-corrected chi connectivity index (χ2v) is 8.27. The van der Waals surface area contributed by atoms with Gasteiger partial charge in [0.2, 0.25) is 0 Å². The fourth-order valence-corrected chi connectivity index (χ4v) is 4.70. The number of halogens is 3. The molecular formula is C22H23F3N6. The zero-order valence-corrected chi connectivity index (χ0v) is 17.2. The van der Waals surface area contributed by atoms with Crippen molar-refractivity contribution in [1.82, 2.24) is 20.5 Å². The Labute approximate surface area is 177 Å². The molecule has 2 aliphatic rings. The number of nitrogens with zero attached hydrogens (tertiary/aromatic N) is 4. The van der Waals surface area contributed by atoms with Gasteiger partial charge in [-0.05, 0) is 43.5 Å². The maximum Gasteiger partial charge on any atom is 0.416 e. The fourth-order valence-electron chi connectivity index (χ4n) is 4.70. The SMILES string of the molecule is Cc1c([C@@H](C)Nc2nncc3ncc(N4CC[C@H]5NC[C@H]54)cc23)cccc1C(F)(F)F. The van der Waals surface area contributed by atoms with Crippen LogP contribution in [0.15, 0.2) is 36.7 Å². The number of benzene rings is 1. The van der Waals surface area contributed by atoms with E-state index in [0.717, 1.165) is 36.7 Å². The Hall–Kier alpha value is -2.94. The molecule has 1 aromatic carbocycles. The molecule has 9 heteroatoms. The fraction of sp³-hybridized carbons (Fsp3) is 0.409. The van der Waals surface area contributed by atoms with Crippen molar-refractivity contribution in [2.45, 2.75) is 44.6 Å². The molecule has 2 aliphatic heterocycles. The normalized spacial score (nSPS) is 21.6. The predicted octanol–water partition coefficient (Wildman–Crippen LogP) is 4.08. The van der Waals surface area contributed by atoms with E-state index < -0.39 is 17.8 Å². The summed E-state index contributed by atoms with van der Waals surface area (Å²) in [5.74, 6) is 0.513. The first-order chi connectivity index (χ1) is 14.8. The van der Waals surface area contributed by atoms with Gasteiger partial charge < -0.3 is 15.5 Å². The largest absolute Gasteiger partial charge is 0.416 e. The number of pyridine rings is 1. The third kappa shape index (κ3) is 3.46. The summed E-state index contributed by atoms with van der Waals surface area (Å²) >= 11 is 0. The standard InChI is InChI=1S/C22H23F3N6/c1-12-15(4-3-5-17(12)22(23,24)25)13(2)29-21-16-8-14(9-26-19(16)10-28-30-21)31-7-6-18-20(31)11-27-18/h3-5,8-10,13,18,20,27H,6-7,11H2,1-2H3,(H,29,30)/t13-,18-,20-/m1/s1. The van der Waals surface area contributed by atoms with Crippen LogP contribution in [0.5, 0.6) is 0 Å². The minimum Gasteiger partial charge on any atom is -0.364 e. The number of rotatable bonds is 4. The number of hydrogen-bond acceptors (Lipinski definition) is 6. The summed E-state index contributed by atoms with van der Waals surface area (Å²) in [6.45, 7) is 5.26. The molecule has 2 fully saturated rings. The molecule has 3 aromatic rings. The number of hydrogen-bond donors (Lipinski definition) is 2. The van der Waals surface area contributed by atoms with Crippen molar-refractivity contribution in [3.05, 3.63) is 53.3 Å². The summed E-state index contributed by atoms with van der Waals surface area (Å²) in [7, 11) is 0. The maximum atomic E-state index is 13.3. The molecular weight excluding hydrogens is 405 g/mol. The molecule has 0 bridgehead atoms. The molecule has 5 rings (SSSR count). The van der Waals surface area contributed by atoms with Gasteiger partial charge in [0.25, 0.3) is 0 Å². The van der Waals surface area contributed by atoms with Gasteiger partial charge in [-0.15, -0.1) is 5.10 Å². The molecule has 31 heavy (non-hydrogen) atoms. The van der Waals surface area contributed by atoms with Crippen LogP contribution in [0.25, 0.3) is 10.9 Å². The van der Waals surface area contributed by atoms with E-state index in [2.05, 4.69) is 30.7 Å². The van der Waals surface area contributed by atoms with E-state index >= 15 is 0 Å². The Balaban J connectivity index is 1.47. The van der Waals surface area contributed by atoms with Crippen LogP contribution in [0.1, 0.15) is 36.1 Å². The molecule has 2 N–H and O–H groups in total. The summed E-state index contributed by atoms with van der Waals surface area (Å²) < 4.78 is 40.0. The summed E-state index contributed by atoms with van der Waals surface area (Å²) in [6.07, 6.45) is 0.174. The van der Waals surface area contributed by atoms with E-state index in [-0.39, 0.29) is 5.56 Å². The second kappa shape index (κ2) is 7.33. The average Bonchev–Trinajstić information content (AvgIpc) is 3.00. The summed E-state index contributed by atoms with van der Waals surface area (Å²) in [5, 5.41) is 15.8. The Morgan fingerprint density at radius 2 is 2.10 bits per heavy atom. The van der Waals surface area contributed by atoms with Gasteiger partial charge in [0.15, 0.2) is 5.82 Å². The molecule has 0 aliphatic carbocycles. The van der Waals surface area contributed by atoms with Crippen molar-refractivity contribution in [2.75, 3.05) is 23.3 Å². The third-order valence-electron chi connectivity index (χ3n) is 6.46. The van der Waals surface area contributed by atoms with Crippen LogP contribution < -0.4 is 15.5 Å². The molecule has 4 heterocycles. The maximum absolute atomic E-state index is 13.3. The van der Waals surface area contributed by atoms with Crippen molar-refractivity contribution >= 4 is 22.4 Å². The minimum absolute atomic E-state index is 0.211. The first kappa shape index (κ1) is 20.0. The molecule has 0 spiro atoms. The number of alkyl halides is 3. The van der Waals surface area contributed by atoms with Gasteiger partial charge in [-0.25, -0.2) is 0 Å². The number of fused-ring (bicyclic) bond motifs is 2. The van der Waals surface area contributed by atoms with E-state index in [1.807, 2.05) is 19.2 Å². The van der Waals surface area contributed by atoms with Crippen molar-refractivity contribution in [1.29, 1.82) is 0 Å². The van der Waals surface area contributed by atoms with Crippen molar-refractivity contribution < 1.29 is 13.2 Å². The Kier molecular flexibility index (Phi) is 4.73. The summed E-state index contributed by atoms with van der Waals surface area (Å²) in [4.78, 5) is 6.92. The monoisotopic (exact) mass is 428 g/mol. The van der Waals surface area contributed by atoms with E-state index in [4.69, 9.17) is 0 Å². The lowest BCUT2D eigenvalue weighted by Gasteiger charge is -2.38. The zero-order chi connectivity index (χ0) is 21.8. The van der Waals surface area contributed by atoms with E-state index in [0.29, 0.717) is 29.0 Å². The highest BCUT2D eigenvalue weighted by molar-refractivity contribution is 5.90. The van der Waals surface area contributed by atoms with Crippen LogP contribution in [-0.2, 0) is 6.18 Å². The topological polar surface area (TPSA) is 66.0 Å². The van der Waals surface area contributed by atoms with Gasteiger partial charge in [0.1, 0.15) is 0 Å². The van der Waals surface area contributed by atoms with Crippen molar-refractivity contribution in [3.63, 3.8) is 0 Å². The van der Waals surface area contributed by atoms with Gasteiger partial charge in [0, 0.05) is 24.5 Å². The highest BCUT2D eigenvalue weighted by atomic mass is 19.4. The molecule has 0 unspecified atom stereocenters. The summed E-state index contributed by atoms with van der Waals surface area (Å²) in [6, 6.07) is 6.93. The van der Waals surface area contributed by atoms with Gasteiger partial charge in [-0.2, -0.15) is 18.3 Å². The molecule has 0 saturated carbocycles. The lowest BCUT2D eigenvalue weighted by atomic mass is 9.97. The van der Waals surface area contributed by atoms with Gasteiger partial charge in [0.05, 0.1) is 41.2 Å². The van der Waals surface area contributed by atoms with Crippen LogP contribution >= 0.6 is 0 Å². The predicted molar refractivity (Wildman–Crippen MR) is 113 cm³/mol. The molecule has 3 atom stereocenters. The lowest BCUT2D eigenvalue weighted by Crippen LogP contribution is -2.59. The first-order valence-electron chi connectivity index (χ1n) is 10.4. The second-order valence-electron chi connectivity index (χ2n) is 8.27. The van der Waals surface area contributed by atoms with Crippen LogP contribution in [0.2, 0.25) is 0 Å². The van der Waals surface area contributed by atoms with Crippen molar-refractivity contribution in [2.24, 2.45) is 0 Å². The summed E-state index contributed by atoms with van der Waals surface area (Å²) in [5.41, 5.74) is 1.88. The highest BCUT2D eigenvalue weighted by Crippen LogP contribution is 2.36. The third-order valence-corrected chi connectivity index (χ3v) is 6.46. The smallest absolute Gasteiger partial charge is 0.364 e. The number of nitrogens with one attached hydrogen (secondary N) is 2. The number of aromatic nitrogens is 3. The molecule has 6 nitrogen and oxygen atoms in total. The highest BCUT2D eigenvalue weighted by Gasteiger charge is 2.40. The molecule has 0 radical (unpaired) electrons. The van der Waals surface area contributed by atoms with Gasteiger partial charge in [-0.3, -0.25) is 4.98 Å². The van der Waals surface area contributed by atoms with Crippen LogP contribution in [-0.4, -0.2) is 40.4 Å². The molecule has 2 aromatic heterocycles. The van der Waals surface area contributed by atoms with Gasteiger partial charge >= 0.3 is 6.18 Å². The van der Waals surface area contributed by atoms with Crippen LogP contribution in [0, 0.1) is 6.92 Å². The Morgan fingerprint density at radius 1 is 1.26 bits per heavy atom. The Bertz CT molecular complexity index is 1130. The average molecular weight is 428 g/mol. The van der Waals surface area contributed by atoms with Crippen molar-refractivity contribution in [3.8, 4) is 0 Å². The van der Waals surface area contributed by atoms with Gasteiger partial charge in [-0.1, -0.05) is 12.1 Å². The lowest BCUT2D eigenvalue weighted by molar-refractivity contribution is -0.138. The Morgan fingerprint density at radius 3 is 2.81 bits per heavy atom. The quantitative estimate of drug-likeness (QED) is 0.653. The zero-order valence-electron chi connectivity index (χ0n) is 17.2. The van der Waals surface area contributed by atoms with E-state index in [9.17, 15) is 13.2 Å². The molecule has 162 valence electrons. The van der Waals surface area contributed by atoms with E-state index in [1.54, 1.807) is 12.3 Å². The van der Waals surface area contributed by atoms with Crippen LogP contribution in [0.3, 0.4) is 0 Å². The molecule has 0 amide bonds. The van der Waals surface area contributed by atoms with Crippen LogP contribution in [0.4, 0.5) is 24.7 Å². The first-order valence-corrected chi connectivity index (χ1v) is 10.4. The molecule has 2 saturated heterocycles. The minimum atomic E-state index is -4.39.